The Kier molecular flexibility index (Phi) is 5.08. The molecule has 2 rings (SSSR count). The molecule has 3 N–H and O–H groups in total. The van der Waals surface area contributed by atoms with Crippen LogP contribution < -0.4 is 11.1 Å². The summed E-state index contributed by atoms with van der Waals surface area (Å²) in [6.45, 7) is 0.819. The summed E-state index contributed by atoms with van der Waals surface area (Å²) >= 11 is 5.82. The van der Waals surface area contributed by atoms with Gasteiger partial charge < -0.3 is 15.8 Å². The summed E-state index contributed by atoms with van der Waals surface area (Å²) in [4.78, 5) is 11.9. The normalized spacial score (nSPS) is 16.6. The minimum absolute atomic E-state index is 0.315. The zero-order valence-electron chi connectivity index (χ0n) is 11.3. The van der Waals surface area contributed by atoms with Gasteiger partial charge in [0.15, 0.2) is 9.84 Å². The Labute approximate surface area is 128 Å². The molecule has 1 heterocycles. The minimum Gasteiger partial charge on any atom is -0.397 e. The molecule has 0 aromatic heterocycles. The predicted molar refractivity (Wildman–Crippen MR) is 82.1 cm³/mol. The van der Waals surface area contributed by atoms with Gasteiger partial charge in [-0.2, -0.15) is 0 Å². The molecule has 6 nitrogen and oxygen atoms in total. The van der Waals surface area contributed by atoms with Crippen LogP contribution in [0.15, 0.2) is 18.2 Å². The maximum absolute atomic E-state index is 12.2. The number of ether oxygens (including phenoxy) is 1. The highest BCUT2D eigenvalue weighted by atomic mass is 35.5. The fourth-order valence-electron chi connectivity index (χ4n) is 2.16. The fraction of sp³-hybridized carbons (Fsp3) is 0.462. The van der Waals surface area contributed by atoms with Gasteiger partial charge in [-0.25, -0.2) is 8.42 Å². The molecule has 1 aliphatic rings. The van der Waals surface area contributed by atoms with E-state index in [-0.39, 0.29) is 0 Å². The van der Waals surface area contributed by atoms with Gasteiger partial charge in [-0.05, 0) is 31.0 Å². The van der Waals surface area contributed by atoms with Gasteiger partial charge in [-0.3, -0.25) is 4.79 Å². The molecule has 1 aromatic carbocycles. The summed E-state index contributed by atoms with van der Waals surface area (Å²) in [7, 11) is -3.49. The molecule has 0 aliphatic carbocycles. The molecule has 8 heteroatoms. The number of sulfone groups is 1. The number of hydrogen-bond acceptors (Lipinski definition) is 5. The van der Waals surface area contributed by atoms with Crippen molar-refractivity contribution in [1.29, 1.82) is 0 Å². The van der Waals surface area contributed by atoms with Crippen LogP contribution in [0.1, 0.15) is 12.8 Å². The van der Waals surface area contributed by atoms with Crippen LogP contribution in [0, 0.1) is 0 Å². The van der Waals surface area contributed by atoms with Crippen LogP contribution in [-0.2, 0) is 19.4 Å². The molecule has 0 unspecified atom stereocenters. The largest absolute Gasteiger partial charge is 0.397 e. The summed E-state index contributed by atoms with van der Waals surface area (Å²) in [5, 5.41) is 2.38. The Morgan fingerprint density at radius 3 is 2.71 bits per heavy atom. The molecule has 0 radical (unpaired) electrons. The third-order valence-corrected chi connectivity index (χ3v) is 5.68. The number of nitrogens with two attached hydrogens (primary N) is 1. The first-order chi connectivity index (χ1) is 9.88. The maximum Gasteiger partial charge on any atom is 0.239 e. The smallest absolute Gasteiger partial charge is 0.239 e. The molecule has 0 saturated carbocycles. The van der Waals surface area contributed by atoms with Gasteiger partial charge in [0.2, 0.25) is 5.91 Å². The summed E-state index contributed by atoms with van der Waals surface area (Å²) in [6, 6.07) is 4.62. The second-order valence-corrected chi connectivity index (χ2v) is 7.62. The summed E-state index contributed by atoms with van der Waals surface area (Å²) in [5.74, 6) is -1.18. The van der Waals surface area contributed by atoms with E-state index in [1.165, 1.54) is 6.07 Å². The van der Waals surface area contributed by atoms with Crippen molar-refractivity contribution < 1.29 is 17.9 Å². The van der Waals surface area contributed by atoms with Crippen LogP contribution in [-0.4, -0.2) is 38.5 Å². The van der Waals surface area contributed by atoms with Gasteiger partial charge in [-0.1, -0.05) is 11.6 Å². The van der Waals surface area contributed by atoms with Gasteiger partial charge in [0.25, 0.3) is 0 Å². The van der Waals surface area contributed by atoms with E-state index in [4.69, 9.17) is 22.1 Å². The monoisotopic (exact) mass is 332 g/mol. The number of amides is 1. The lowest BCUT2D eigenvalue weighted by Gasteiger charge is -2.21. The van der Waals surface area contributed by atoms with E-state index >= 15 is 0 Å². The zero-order valence-corrected chi connectivity index (χ0v) is 12.9. The summed E-state index contributed by atoms with van der Waals surface area (Å²) in [5.41, 5.74) is 6.35. The van der Waals surface area contributed by atoms with Crippen LogP contribution in [0.3, 0.4) is 0 Å². The van der Waals surface area contributed by atoms with Crippen molar-refractivity contribution in [3.63, 3.8) is 0 Å². The molecule has 1 amide bonds. The SMILES string of the molecule is Nc1ccc(Cl)cc1NC(=O)CS(=O)(=O)C1CCOCC1. The first kappa shape index (κ1) is 16.1. The zero-order chi connectivity index (χ0) is 15.5. The van der Waals surface area contributed by atoms with Crippen LogP contribution in [0.5, 0.6) is 0 Å². The van der Waals surface area contributed by atoms with E-state index in [0.29, 0.717) is 42.5 Å². The van der Waals surface area contributed by atoms with Crippen molar-refractivity contribution in [3.05, 3.63) is 23.2 Å². The molecule has 116 valence electrons. The van der Waals surface area contributed by atoms with Crippen LogP contribution in [0.2, 0.25) is 5.02 Å². The molecular weight excluding hydrogens is 316 g/mol. The number of halogens is 1. The molecule has 0 atom stereocenters. The number of carbonyl (C=O) groups excluding carboxylic acids is 1. The predicted octanol–water partition coefficient (Wildman–Crippen LogP) is 1.45. The molecule has 1 aromatic rings. The Hall–Kier alpha value is -1.31. The molecular formula is C13H17ClN2O4S. The maximum atomic E-state index is 12.2. The Morgan fingerprint density at radius 2 is 2.05 bits per heavy atom. The lowest BCUT2D eigenvalue weighted by molar-refractivity contribution is -0.113. The third-order valence-electron chi connectivity index (χ3n) is 3.30. The van der Waals surface area contributed by atoms with E-state index < -0.39 is 26.7 Å². The fourth-order valence-corrected chi connectivity index (χ4v) is 3.91. The lowest BCUT2D eigenvalue weighted by atomic mass is 10.2. The number of rotatable bonds is 4. The molecule has 21 heavy (non-hydrogen) atoms. The number of hydrogen-bond donors (Lipinski definition) is 2. The first-order valence-electron chi connectivity index (χ1n) is 6.52. The van der Waals surface area contributed by atoms with Gasteiger partial charge in [0.1, 0.15) is 5.75 Å². The Bertz CT molecular complexity index is 627. The van der Waals surface area contributed by atoms with Crippen LogP contribution >= 0.6 is 11.6 Å². The lowest BCUT2D eigenvalue weighted by Crippen LogP contribution is -2.34. The Morgan fingerprint density at radius 1 is 1.38 bits per heavy atom. The quantitative estimate of drug-likeness (QED) is 0.813. The number of carbonyl (C=O) groups is 1. The van der Waals surface area contributed by atoms with Gasteiger partial charge >= 0.3 is 0 Å². The number of benzene rings is 1. The minimum atomic E-state index is -3.49. The highest BCUT2D eigenvalue weighted by molar-refractivity contribution is 7.92. The van der Waals surface area contributed by atoms with Crippen molar-refractivity contribution in [3.8, 4) is 0 Å². The number of anilines is 2. The van der Waals surface area contributed by atoms with Crippen molar-refractivity contribution in [2.75, 3.05) is 30.0 Å². The van der Waals surface area contributed by atoms with E-state index in [9.17, 15) is 13.2 Å². The average molecular weight is 333 g/mol. The van der Waals surface area contributed by atoms with Crippen LogP contribution in [0.4, 0.5) is 11.4 Å². The number of nitrogen functional groups attached to an aromatic ring is 1. The second kappa shape index (κ2) is 6.64. The highest BCUT2D eigenvalue weighted by Crippen LogP contribution is 2.23. The van der Waals surface area contributed by atoms with Crippen molar-refractivity contribution >= 4 is 38.7 Å². The third kappa shape index (κ3) is 4.33. The highest BCUT2D eigenvalue weighted by Gasteiger charge is 2.29. The van der Waals surface area contributed by atoms with Crippen molar-refractivity contribution in [2.45, 2.75) is 18.1 Å². The molecule has 0 spiro atoms. The van der Waals surface area contributed by atoms with Crippen LogP contribution in [0.25, 0.3) is 0 Å². The topological polar surface area (TPSA) is 98.5 Å². The molecule has 0 bridgehead atoms. The van der Waals surface area contributed by atoms with E-state index in [1.54, 1.807) is 12.1 Å². The van der Waals surface area contributed by atoms with E-state index in [1.807, 2.05) is 0 Å². The van der Waals surface area contributed by atoms with Gasteiger partial charge in [0, 0.05) is 18.2 Å². The van der Waals surface area contributed by atoms with Crippen molar-refractivity contribution in [2.24, 2.45) is 0 Å². The van der Waals surface area contributed by atoms with Gasteiger partial charge in [0.05, 0.1) is 16.6 Å². The number of nitrogens with one attached hydrogen (secondary N) is 1. The van der Waals surface area contributed by atoms with Gasteiger partial charge in [-0.15, -0.1) is 0 Å². The molecule has 1 saturated heterocycles. The van der Waals surface area contributed by atoms with E-state index in [0.717, 1.165) is 0 Å². The Balaban J connectivity index is 2.02. The van der Waals surface area contributed by atoms with E-state index in [2.05, 4.69) is 5.32 Å². The average Bonchev–Trinajstić information content (AvgIpc) is 2.43. The molecule has 1 aliphatic heterocycles. The summed E-state index contributed by atoms with van der Waals surface area (Å²) < 4.78 is 29.5. The second-order valence-electron chi connectivity index (χ2n) is 4.90. The molecule has 1 fully saturated rings. The van der Waals surface area contributed by atoms with Crippen molar-refractivity contribution in [1.82, 2.24) is 0 Å². The first-order valence-corrected chi connectivity index (χ1v) is 8.62. The summed E-state index contributed by atoms with van der Waals surface area (Å²) in [6.07, 6.45) is 0.851. The standard InChI is InChI=1S/C13H17ClN2O4S/c14-9-1-2-11(15)12(7-9)16-13(17)8-21(18,19)10-3-5-20-6-4-10/h1-2,7,10H,3-6,8,15H2,(H,16,17).